The van der Waals surface area contributed by atoms with Crippen LogP contribution < -0.4 is 4.72 Å². The van der Waals surface area contributed by atoms with Crippen molar-refractivity contribution in [1.29, 1.82) is 0 Å². The third kappa shape index (κ3) is 4.29. The van der Waals surface area contributed by atoms with Gasteiger partial charge in [0, 0.05) is 31.3 Å². The van der Waals surface area contributed by atoms with Crippen molar-refractivity contribution in [2.75, 3.05) is 6.54 Å². The van der Waals surface area contributed by atoms with E-state index in [9.17, 15) is 13.5 Å². The average molecular weight is 389 g/mol. The smallest absolute Gasteiger partial charge is 0.259 e. The van der Waals surface area contributed by atoms with Crippen LogP contribution >= 0.6 is 0 Å². The fourth-order valence-electron chi connectivity index (χ4n) is 2.81. The molecule has 0 unspecified atom stereocenters. The maximum absolute atomic E-state index is 12.5. The number of aliphatic hydroxyl groups is 1. The van der Waals surface area contributed by atoms with Crippen LogP contribution in [0.1, 0.15) is 37.3 Å². The molecule has 0 aliphatic rings. The molecule has 2 N–H and O–H groups in total. The monoisotopic (exact) mass is 389 g/mol. The van der Waals surface area contributed by atoms with Crippen LogP contribution in [-0.4, -0.2) is 29.6 Å². The van der Waals surface area contributed by atoms with Gasteiger partial charge in [0.25, 0.3) is 10.0 Å². The average Bonchev–Trinajstić information content (AvgIpc) is 3.30. The Hall–Kier alpha value is -2.42. The fraction of sp³-hybridized carbons (Fsp3) is 0.316. The topological polar surface area (TPSA) is 97.4 Å². The number of rotatable bonds is 7. The van der Waals surface area contributed by atoms with Gasteiger partial charge in [-0.2, -0.15) is 0 Å². The number of hydrogen-bond acceptors (Lipinski definition) is 5. The number of aliphatic hydroxyl groups excluding tert-OH is 1. The lowest BCUT2D eigenvalue weighted by atomic mass is 10.1. The van der Waals surface area contributed by atoms with E-state index < -0.39 is 16.1 Å². The Kier molecular flexibility index (Phi) is 5.50. The maximum atomic E-state index is 12.5. The summed E-state index contributed by atoms with van der Waals surface area (Å²) in [5.74, 6) is 1.52. The highest BCUT2D eigenvalue weighted by atomic mass is 32.2. The summed E-state index contributed by atoms with van der Waals surface area (Å²) in [5.41, 5.74) is 1.49. The highest BCUT2D eigenvalue weighted by Gasteiger charge is 2.22. The van der Waals surface area contributed by atoms with Gasteiger partial charge in [0.1, 0.15) is 11.6 Å². The Morgan fingerprint density at radius 3 is 2.48 bits per heavy atom. The van der Waals surface area contributed by atoms with E-state index in [0.29, 0.717) is 11.4 Å². The molecule has 3 aromatic rings. The molecule has 2 aromatic heterocycles. The Labute approximate surface area is 158 Å². The summed E-state index contributed by atoms with van der Waals surface area (Å²) in [6, 6.07) is 10.8. The number of hydrogen-bond donors (Lipinski definition) is 2. The molecule has 0 aliphatic carbocycles. The number of nitrogens with one attached hydrogen (secondary N) is 1. The van der Waals surface area contributed by atoms with E-state index in [4.69, 9.17) is 4.42 Å². The molecule has 0 saturated carbocycles. The SMILES string of the molecule is CC(C)c1nc(S(=O)(=O)NC[C@@H](O)c2ccc(-c3ccco3)cc2)cn1C. The predicted molar refractivity (Wildman–Crippen MR) is 102 cm³/mol. The molecular formula is C19H23N3O4S. The van der Waals surface area contributed by atoms with Gasteiger partial charge in [-0.1, -0.05) is 38.1 Å². The largest absolute Gasteiger partial charge is 0.464 e. The highest BCUT2D eigenvalue weighted by Crippen LogP contribution is 2.22. The van der Waals surface area contributed by atoms with Crippen molar-refractivity contribution in [3.63, 3.8) is 0 Å². The molecule has 1 atom stereocenters. The van der Waals surface area contributed by atoms with Crippen LogP contribution in [-0.2, 0) is 17.1 Å². The lowest BCUT2D eigenvalue weighted by Gasteiger charge is -2.12. The molecule has 144 valence electrons. The van der Waals surface area contributed by atoms with Crippen molar-refractivity contribution in [2.45, 2.75) is 30.9 Å². The maximum Gasteiger partial charge on any atom is 0.259 e. The predicted octanol–water partition coefficient (Wildman–Crippen LogP) is 2.82. The van der Waals surface area contributed by atoms with Crippen molar-refractivity contribution in [1.82, 2.24) is 14.3 Å². The molecule has 0 radical (unpaired) electrons. The summed E-state index contributed by atoms with van der Waals surface area (Å²) in [4.78, 5) is 4.19. The van der Waals surface area contributed by atoms with Gasteiger partial charge in [-0.05, 0) is 17.7 Å². The first-order chi connectivity index (χ1) is 12.8. The zero-order chi connectivity index (χ0) is 19.6. The van der Waals surface area contributed by atoms with Crippen LogP contribution in [0.15, 0.2) is 58.3 Å². The number of aryl methyl sites for hydroxylation is 1. The van der Waals surface area contributed by atoms with Gasteiger partial charge < -0.3 is 14.1 Å². The lowest BCUT2D eigenvalue weighted by Crippen LogP contribution is -2.28. The summed E-state index contributed by atoms with van der Waals surface area (Å²) >= 11 is 0. The molecule has 8 heteroatoms. The van der Waals surface area contributed by atoms with Crippen molar-refractivity contribution in [3.05, 3.63) is 60.2 Å². The summed E-state index contributed by atoms with van der Waals surface area (Å²) in [6.07, 6.45) is 2.09. The molecule has 0 saturated heterocycles. The summed E-state index contributed by atoms with van der Waals surface area (Å²) < 4.78 is 34.4. The molecule has 3 rings (SSSR count). The fourth-order valence-corrected chi connectivity index (χ4v) is 3.85. The van der Waals surface area contributed by atoms with Gasteiger partial charge in [-0.25, -0.2) is 18.1 Å². The molecular weight excluding hydrogens is 366 g/mol. The molecule has 27 heavy (non-hydrogen) atoms. The quantitative estimate of drug-likeness (QED) is 0.648. The number of nitrogens with zero attached hydrogens (tertiary/aromatic N) is 2. The van der Waals surface area contributed by atoms with Crippen molar-refractivity contribution >= 4 is 10.0 Å². The lowest BCUT2D eigenvalue weighted by molar-refractivity contribution is 0.182. The van der Waals surface area contributed by atoms with E-state index in [1.807, 2.05) is 32.0 Å². The molecule has 0 fully saturated rings. The molecule has 1 aromatic carbocycles. The number of aromatic nitrogens is 2. The Bertz CT molecular complexity index is 990. The summed E-state index contributed by atoms with van der Waals surface area (Å²) in [7, 11) is -2.04. The van der Waals surface area contributed by atoms with E-state index in [2.05, 4.69) is 9.71 Å². The van der Waals surface area contributed by atoms with Gasteiger partial charge in [-0.15, -0.1) is 0 Å². The minimum Gasteiger partial charge on any atom is -0.464 e. The number of imidazole rings is 1. The van der Waals surface area contributed by atoms with Crippen molar-refractivity contribution in [2.24, 2.45) is 7.05 Å². The Morgan fingerprint density at radius 2 is 1.93 bits per heavy atom. The van der Waals surface area contributed by atoms with E-state index in [-0.39, 0.29) is 17.5 Å². The van der Waals surface area contributed by atoms with Crippen LogP contribution in [0.2, 0.25) is 0 Å². The summed E-state index contributed by atoms with van der Waals surface area (Å²) in [6.45, 7) is 3.75. The second kappa shape index (κ2) is 7.67. The Morgan fingerprint density at radius 1 is 1.22 bits per heavy atom. The number of benzene rings is 1. The van der Waals surface area contributed by atoms with E-state index in [1.165, 1.54) is 6.20 Å². The third-order valence-electron chi connectivity index (χ3n) is 4.25. The minimum absolute atomic E-state index is 0.0472. The third-order valence-corrected chi connectivity index (χ3v) is 5.54. The zero-order valence-corrected chi connectivity index (χ0v) is 16.3. The second-order valence-corrected chi connectivity index (χ2v) is 8.38. The van der Waals surface area contributed by atoms with Crippen LogP contribution in [0.4, 0.5) is 0 Å². The molecule has 7 nitrogen and oxygen atoms in total. The van der Waals surface area contributed by atoms with E-state index in [0.717, 1.165) is 11.3 Å². The van der Waals surface area contributed by atoms with Crippen molar-refractivity contribution in [3.8, 4) is 11.3 Å². The van der Waals surface area contributed by atoms with E-state index >= 15 is 0 Å². The van der Waals surface area contributed by atoms with Crippen molar-refractivity contribution < 1.29 is 17.9 Å². The molecule has 0 amide bonds. The number of furan rings is 1. The molecule has 0 aliphatic heterocycles. The van der Waals surface area contributed by atoms with Crippen LogP contribution in [0.3, 0.4) is 0 Å². The minimum atomic E-state index is -3.80. The first kappa shape index (κ1) is 19.3. The van der Waals surface area contributed by atoms with Gasteiger partial charge >= 0.3 is 0 Å². The van der Waals surface area contributed by atoms with Crippen LogP contribution in [0.5, 0.6) is 0 Å². The molecule has 0 bridgehead atoms. The zero-order valence-electron chi connectivity index (χ0n) is 15.5. The van der Waals surface area contributed by atoms with Gasteiger partial charge in [0.2, 0.25) is 0 Å². The van der Waals surface area contributed by atoms with Crippen LogP contribution in [0, 0.1) is 0 Å². The second-order valence-electron chi connectivity index (χ2n) is 6.67. The van der Waals surface area contributed by atoms with Crippen LogP contribution in [0.25, 0.3) is 11.3 Å². The normalized spacial score (nSPS) is 13.2. The first-order valence-corrected chi connectivity index (χ1v) is 10.1. The van der Waals surface area contributed by atoms with Gasteiger partial charge in [0.15, 0.2) is 5.03 Å². The van der Waals surface area contributed by atoms with E-state index in [1.54, 1.807) is 36.1 Å². The van der Waals surface area contributed by atoms with Gasteiger partial charge in [-0.3, -0.25) is 0 Å². The van der Waals surface area contributed by atoms with Gasteiger partial charge in [0.05, 0.1) is 12.4 Å². The summed E-state index contributed by atoms with van der Waals surface area (Å²) in [5, 5.41) is 10.3. The molecule has 2 heterocycles. The molecule has 0 spiro atoms. The highest BCUT2D eigenvalue weighted by molar-refractivity contribution is 7.89. The number of sulfonamides is 1. The Balaban J connectivity index is 1.67. The standard InChI is InChI=1S/C19H23N3O4S/c1-13(2)19-21-18(12-22(19)3)27(24,25)20-11-16(23)14-6-8-15(9-7-14)17-5-4-10-26-17/h4-10,12-13,16,20,23H,11H2,1-3H3/t16-/m1/s1. The first-order valence-electron chi connectivity index (χ1n) is 8.63.